The Hall–Kier alpha value is -1.44. The van der Waals surface area contributed by atoms with E-state index in [9.17, 15) is 117 Å². The van der Waals surface area contributed by atoms with Gasteiger partial charge in [0.2, 0.25) is 0 Å². The summed E-state index contributed by atoms with van der Waals surface area (Å²) in [6, 6.07) is 0. The van der Waals surface area contributed by atoms with Crippen LogP contribution < -0.4 is 0 Å². The minimum absolute atomic E-state index is 0.890. The summed E-state index contributed by atoms with van der Waals surface area (Å²) in [4.78, 5) is 0. The highest BCUT2D eigenvalue weighted by Gasteiger charge is 2.59. The van der Waals surface area contributed by atoms with Gasteiger partial charge in [-0.3, -0.25) is 0 Å². The molecule has 7 fully saturated rings. The molecule has 0 aromatic heterocycles. The van der Waals surface area contributed by atoms with Crippen LogP contribution in [0.1, 0.15) is 0 Å². The number of aliphatic hydroxyl groups is 23. The average molecular weight is 1150 g/mol. The Kier molecular flexibility index (Phi) is 22.6. The fourth-order valence-electron chi connectivity index (χ4n) is 9.88. The van der Waals surface area contributed by atoms with Gasteiger partial charge in [-0.2, -0.15) is 0 Å². The molecule has 0 saturated carbocycles. The molecule has 35 atom stereocenters. The molecule has 0 spiro atoms. The van der Waals surface area contributed by atoms with Crippen molar-refractivity contribution in [2.45, 2.75) is 215 Å². The van der Waals surface area contributed by atoms with Crippen molar-refractivity contribution in [2.75, 3.05) is 46.2 Å². The third-order valence-corrected chi connectivity index (χ3v) is 14.6. The van der Waals surface area contributed by atoms with Crippen LogP contribution in [0.2, 0.25) is 0 Å². The minimum Gasteiger partial charge on any atom is -0.394 e. The lowest BCUT2D eigenvalue weighted by Crippen LogP contribution is -2.69. The first kappa shape index (κ1) is 64.1. The monoisotopic (exact) mass is 1150 g/mol. The van der Waals surface area contributed by atoms with E-state index in [1.807, 2.05) is 0 Å². The quantitative estimate of drug-likeness (QED) is 0.0571. The molecule has 7 heterocycles. The zero-order chi connectivity index (χ0) is 57.3. The van der Waals surface area contributed by atoms with E-state index < -0.39 is 261 Å². The first-order chi connectivity index (χ1) is 37.0. The van der Waals surface area contributed by atoms with Crippen LogP contribution in [0.25, 0.3) is 0 Å². The number of hydrogen-bond acceptors (Lipinski definition) is 36. The molecule has 23 N–H and O–H groups in total. The van der Waals surface area contributed by atoms with E-state index in [0.29, 0.717) is 0 Å². The predicted molar refractivity (Wildman–Crippen MR) is 232 cm³/mol. The minimum atomic E-state index is -2.34. The first-order valence-electron chi connectivity index (χ1n) is 24.7. The van der Waals surface area contributed by atoms with Gasteiger partial charge in [0.15, 0.2) is 44.0 Å². The third-order valence-electron chi connectivity index (χ3n) is 14.6. The van der Waals surface area contributed by atoms with Crippen LogP contribution in [0.3, 0.4) is 0 Å². The fraction of sp³-hybridized carbons (Fsp3) is 1.00. The molecule has 0 aromatic rings. The summed E-state index contributed by atoms with van der Waals surface area (Å²) in [5.74, 6) is 0. The standard InChI is InChI=1S/C42H72O36/c43-1-8-16(51)23(58)30(36(65)66-8)73-38-32(25(60)18(53)10(3-45)68-38)75-40-34(27(62)20(55)12(5-47)70-40)77-42-35(28(63)21(56)14(7-49)72-42)78-41-33(26(61)19(54)13(6-48)71-41)76-39-31(24(59)17(52)11(4-46)69-39)74-37-29(64)22(57)15(50)9(2-44)67-37/h8-65H,1-7H2/t8-,9-,10-,11-,12-,13-,14-,15-,16-,17-,18-,19-,20-,21-,22+,23+,24-,25+,26+,27+,28+,29+,30+,31+,32+,33+,34+,35+,36+,37+,38+,39+,40+,41+,42+/m1/s1. The lowest BCUT2D eigenvalue weighted by Gasteiger charge is -2.51. The SMILES string of the molecule is OC[C@H]1O[C@@H](O[C@@H]2[C@H](O[C@@H]3[C@H](O[C@@H]4[C@H](O[C@@H]5[C@H](O[C@@H]6[C@H](O[C@H]7[C@@H](O)[C@H](O)[C@@H](CO)O[C@@H]7O)O[C@H](CO)[C@@H](O)[C@@H]6O)O[C@H](CO)[C@@H](O)[C@@H]5O)O[C@H](CO)[C@@H](O)[C@@H]4O)O[C@H](CO)[C@@H](O)[C@@H]3O)O[C@H](CO)[C@@H](O)[C@H]2O)[C@@H](O)[C@@H](O)[C@@H]1O. The molecule has 0 bridgehead atoms. The predicted octanol–water partition coefficient (Wildman–Crippen LogP) is -16.3. The van der Waals surface area contributed by atoms with E-state index in [1.165, 1.54) is 0 Å². The van der Waals surface area contributed by atoms with Gasteiger partial charge in [-0.15, -0.1) is 0 Å². The van der Waals surface area contributed by atoms with Gasteiger partial charge in [0.05, 0.1) is 46.2 Å². The third kappa shape index (κ3) is 12.9. The summed E-state index contributed by atoms with van der Waals surface area (Å²) in [6.45, 7) is -7.18. The lowest BCUT2D eigenvalue weighted by atomic mass is 9.95. The van der Waals surface area contributed by atoms with Crippen LogP contribution in [-0.4, -0.2) is 379 Å². The second-order valence-electron chi connectivity index (χ2n) is 19.6. The fourth-order valence-corrected chi connectivity index (χ4v) is 9.88. The van der Waals surface area contributed by atoms with Crippen molar-refractivity contribution in [1.82, 2.24) is 0 Å². The van der Waals surface area contributed by atoms with Crippen LogP contribution in [0.4, 0.5) is 0 Å². The lowest BCUT2D eigenvalue weighted by molar-refractivity contribution is -0.420. The zero-order valence-electron chi connectivity index (χ0n) is 40.8. The Morgan fingerprint density at radius 2 is 0.372 bits per heavy atom. The molecule has 0 aliphatic carbocycles. The molecule has 0 radical (unpaired) electrons. The van der Waals surface area contributed by atoms with Crippen LogP contribution in [0.15, 0.2) is 0 Å². The summed E-state index contributed by atoms with van der Waals surface area (Å²) in [5, 5.41) is 246. The second kappa shape index (κ2) is 27.5. The van der Waals surface area contributed by atoms with Crippen LogP contribution in [0.5, 0.6) is 0 Å². The molecule has 36 heteroatoms. The maximum atomic E-state index is 11.7. The van der Waals surface area contributed by atoms with Crippen molar-refractivity contribution in [3.8, 4) is 0 Å². The van der Waals surface area contributed by atoms with Gasteiger partial charge in [0.25, 0.3) is 0 Å². The van der Waals surface area contributed by atoms with Gasteiger partial charge in [-0.25, -0.2) is 0 Å². The zero-order valence-corrected chi connectivity index (χ0v) is 40.8. The van der Waals surface area contributed by atoms with Crippen molar-refractivity contribution in [1.29, 1.82) is 0 Å². The number of ether oxygens (including phenoxy) is 13. The Morgan fingerprint density at radius 3 is 0.615 bits per heavy atom. The second-order valence-corrected chi connectivity index (χ2v) is 19.6. The highest BCUT2D eigenvalue weighted by molar-refractivity contribution is 5.01. The average Bonchev–Trinajstić information content (AvgIpc) is 3.43. The highest BCUT2D eigenvalue weighted by atomic mass is 16.8. The van der Waals surface area contributed by atoms with Gasteiger partial charge < -0.3 is 179 Å². The number of aliphatic hydroxyl groups excluding tert-OH is 23. The van der Waals surface area contributed by atoms with Gasteiger partial charge >= 0.3 is 0 Å². The summed E-state index contributed by atoms with van der Waals surface area (Å²) >= 11 is 0. The van der Waals surface area contributed by atoms with Crippen LogP contribution in [0, 0.1) is 0 Å². The molecule has 456 valence electrons. The molecule has 7 aliphatic heterocycles. The van der Waals surface area contributed by atoms with E-state index in [4.69, 9.17) is 61.6 Å². The van der Waals surface area contributed by atoms with Gasteiger partial charge in [0.1, 0.15) is 171 Å². The summed E-state index contributed by atoms with van der Waals surface area (Å²) < 4.78 is 74.3. The molecule has 7 saturated heterocycles. The number of hydrogen-bond donors (Lipinski definition) is 23. The van der Waals surface area contributed by atoms with E-state index in [-0.39, 0.29) is 0 Å². The van der Waals surface area contributed by atoms with Gasteiger partial charge in [-0.1, -0.05) is 0 Å². The summed E-state index contributed by atoms with van der Waals surface area (Å²) in [6.07, 6.45) is -72.5. The Bertz CT molecular complexity index is 1820. The van der Waals surface area contributed by atoms with E-state index in [1.54, 1.807) is 0 Å². The molecule has 0 unspecified atom stereocenters. The Balaban J connectivity index is 1.20. The first-order valence-corrected chi connectivity index (χ1v) is 24.7. The van der Waals surface area contributed by atoms with Gasteiger partial charge in [0, 0.05) is 0 Å². The molecule has 78 heavy (non-hydrogen) atoms. The Morgan fingerprint density at radius 1 is 0.192 bits per heavy atom. The van der Waals surface area contributed by atoms with Crippen molar-refractivity contribution in [3.05, 3.63) is 0 Å². The largest absolute Gasteiger partial charge is 0.394 e. The molecule has 0 amide bonds. The van der Waals surface area contributed by atoms with Crippen molar-refractivity contribution in [2.24, 2.45) is 0 Å². The number of rotatable bonds is 19. The molecule has 36 nitrogen and oxygen atoms in total. The molecule has 0 aromatic carbocycles. The normalized spacial score (nSPS) is 53.5. The Labute approximate surface area is 439 Å². The van der Waals surface area contributed by atoms with Crippen molar-refractivity contribution < 1.29 is 179 Å². The molecular formula is C42H72O36. The smallest absolute Gasteiger partial charge is 0.187 e. The van der Waals surface area contributed by atoms with Crippen LogP contribution >= 0.6 is 0 Å². The molecule has 7 rings (SSSR count). The van der Waals surface area contributed by atoms with E-state index in [2.05, 4.69) is 0 Å². The maximum absolute atomic E-state index is 11.7. The highest BCUT2D eigenvalue weighted by Crippen LogP contribution is 2.39. The van der Waals surface area contributed by atoms with Crippen molar-refractivity contribution in [3.63, 3.8) is 0 Å². The van der Waals surface area contributed by atoms with Crippen LogP contribution in [-0.2, 0) is 61.6 Å². The van der Waals surface area contributed by atoms with Gasteiger partial charge in [-0.05, 0) is 0 Å². The topological polar surface area (TPSA) is 585 Å². The maximum Gasteiger partial charge on any atom is 0.187 e. The summed E-state index contributed by atoms with van der Waals surface area (Å²) in [7, 11) is 0. The molecular weight excluding hydrogens is 1080 g/mol. The van der Waals surface area contributed by atoms with Crippen molar-refractivity contribution >= 4 is 0 Å². The summed E-state index contributed by atoms with van der Waals surface area (Å²) in [5.41, 5.74) is 0. The molecule has 7 aliphatic rings. The van der Waals surface area contributed by atoms with E-state index >= 15 is 0 Å². The van der Waals surface area contributed by atoms with E-state index in [0.717, 1.165) is 0 Å².